The first-order valence-electron chi connectivity index (χ1n) is 8.16. The summed E-state index contributed by atoms with van der Waals surface area (Å²) < 4.78 is 31.8. The molecule has 6 nitrogen and oxygen atoms in total. The average molecular weight is 410 g/mol. The SMILES string of the molecule is Cc1ccc(S(=O)(=O)NCC(=O)O[C@@H](C)C(=O)c2ccc(Cl)cc2)cc1C. The zero-order valence-electron chi connectivity index (χ0n) is 15.2. The summed E-state index contributed by atoms with van der Waals surface area (Å²) in [7, 11) is -3.86. The highest BCUT2D eigenvalue weighted by Gasteiger charge is 2.21. The second kappa shape index (κ2) is 8.65. The van der Waals surface area contributed by atoms with Gasteiger partial charge in [0.1, 0.15) is 6.54 Å². The smallest absolute Gasteiger partial charge is 0.321 e. The standard InChI is InChI=1S/C19H20ClNO5S/c1-12-4-9-17(10-13(12)2)27(24,25)21-11-18(22)26-14(3)19(23)15-5-7-16(20)8-6-15/h4-10,14,21H,11H2,1-3H3/t14-/m0/s1. The number of carbonyl (C=O) groups excluding carboxylic acids is 2. The van der Waals surface area contributed by atoms with Crippen LogP contribution in [-0.2, 0) is 19.6 Å². The monoisotopic (exact) mass is 409 g/mol. The van der Waals surface area contributed by atoms with Gasteiger partial charge in [-0.2, -0.15) is 4.72 Å². The van der Waals surface area contributed by atoms with Gasteiger partial charge in [-0.1, -0.05) is 17.7 Å². The number of ketones is 1. The van der Waals surface area contributed by atoms with Gasteiger partial charge in [0.25, 0.3) is 0 Å². The van der Waals surface area contributed by atoms with E-state index in [9.17, 15) is 18.0 Å². The van der Waals surface area contributed by atoms with Gasteiger partial charge >= 0.3 is 5.97 Å². The number of carbonyl (C=O) groups is 2. The molecule has 0 amide bonds. The van der Waals surface area contributed by atoms with Crippen molar-refractivity contribution >= 4 is 33.4 Å². The minimum atomic E-state index is -3.86. The molecule has 0 aliphatic carbocycles. The van der Waals surface area contributed by atoms with Crippen LogP contribution in [0.3, 0.4) is 0 Å². The molecule has 0 aliphatic heterocycles. The molecule has 0 saturated carbocycles. The van der Waals surface area contributed by atoms with E-state index in [1.165, 1.54) is 31.2 Å². The highest BCUT2D eigenvalue weighted by atomic mass is 35.5. The fraction of sp³-hybridized carbons (Fsp3) is 0.263. The lowest BCUT2D eigenvalue weighted by Crippen LogP contribution is -2.34. The number of esters is 1. The molecule has 8 heteroatoms. The van der Waals surface area contributed by atoms with Crippen molar-refractivity contribution in [3.63, 3.8) is 0 Å². The van der Waals surface area contributed by atoms with Crippen LogP contribution in [0.15, 0.2) is 47.4 Å². The summed E-state index contributed by atoms with van der Waals surface area (Å²) in [5, 5.41) is 0.483. The van der Waals surface area contributed by atoms with Gasteiger partial charge in [0.05, 0.1) is 4.90 Å². The van der Waals surface area contributed by atoms with Crippen LogP contribution in [0.1, 0.15) is 28.4 Å². The normalized spacial score (nSPS) is 12.4. The molecule has 1 N–H and O–H groups in total. The van der Waals surface area contributed by atoms with E-state index in [0.29, 0.717) is 10.6 Å². The van der Waals surface area contributed by atoms with Gasteiger partial charge in [0.15, 0.2) is 6.10 Å². The Labute approximate surface area is 163 Å². The van der Waals surface area contributed by atoms with E-state index in [1.807, 2.05) is 6.92 Å². The van der Waals surface area contributed by atoms with Crippen LogP contribution in [0.25, 0.3) is 0 Å². The topological polar surface area (TPSA) is 89.5 Å². The number of hydrogen-bond acceptors (Lipinski definition) is 5. The van der Waals surface area contributed by atoms with Crippen molar-refractivity contribution in [2.75, 3.05) is 6.54 Å². The van der Waals surface area contributed by atoms with Crippen molar-refractivity contribution in [1.29, 1.82) is 0 Å². The number of sulfonamides is 1. The van der Waals surface area contributed by atoms with E-state index in [0.717, 1.165) is 11.1 Å². The molecule has 0 aliphatic rings. The maximum absolute atomic E-state index is 12.3. The van der Waals surface area contributed by atoms with Gasteiger partial charge in [-0.15, -0.1) is 0 Å². The van der Waals surface area contributed by atoms with Crippen LogP contribution in [0.2, 0.25) is 5.02 Å². The van der Waals surface area contributed by atoms with Crippen molar-refractivity contribution in [3.05, 3.63) is 64.2 Å². The minimum Gasteiger partial charge on any atom is -0.453 e. The number of ether oxygens (including phenoxy) is 1. The average Bonchev–Trinajstić information content (AvgIpc) is 2.62. The van der Waals surface area contributed by atoms with Gasteiger partial charge in [-0.25, -0.2) is 8.42 Å². The van der Waals surface area contributed by atoms with Crippen LogP contribution in [0.4, 0.5) is 0 Å². The van der Waals surface area contributed by atoms with E-state index in [1.54, 1.807) is 25.1 Å². The third-order valence-corrected chi connectivity index (χ3v) is 5.65. The molecule has 0 saturated heterocycles. The third kappa shape index (κ3) is 5.63. The molecule has 1 atom stereocenters. The second-order valence-electron chi connectivity index (χ2n) is 6.07. The number of halogens is 1. The van der Waals surface area contributed by atoms with E-state index in [2.05, 4.69) is 4.72 Å². The largest absolute Gasteiger partial charge is 0.453 e. The number of rotatable bonds is 7. The number of aryl methyl sites for hydroxylation is 2. The Hall–Kier alpha value is -2.22. The lowest BCUT2D eigenvalue weighted by molar-refractivity contribution is -0.144. The van der Waals surface area contributed by atoms with Gasteiger partial charge in [-0.3, -0.25) is 9.59 Å². The molecule has 0 spiro atoms. The molecule has 2 rings (SSSR count). The molecule has 0 radical (unpaired) electrons. The third-order valence-electron chi connectivity index (χ3n) is 4.00. The molecule has 0 fully saturated rings. The molecule has 2 aromatic carbocycles. The Balaban J connectivity index is 1.95. The lowest BCUT2D eigenvalue weighted by Gasteiger charge is -2.13. The summed E-state index contributed by atoms with van der Waals surface area (Å²) in [6.07, 6.45) is -1.05. The number of Topliss-reactive ketones (excluding diaryl/α,β-unsaturated/α-hetero) is 1. The summed E-state index contributed by atoms with van der Waals surface area (Å²) in [6, 6.07) is 10.8. The Kier molecular flexibility index (Phi) is 6.75. The molecule has 0 unspecified atom stereocenters. The molecule has 0 heterocycles. The van der Waals surface area contributed by atoms with Crippen LogP contribution in [0, 0.1) is 13.8 Å². The molecule has 0 bridgehead atoms. The highest BCUT2D eigenvalue weighted by molar-refractivity contribution is 7.89. The van der Waals surface area contributed by atoms with E-state index in [-0.39, 0.29) is 4.90 Å². The van der Waals surface area contributed by atoms with Gasteiger partial charge in [0, 0.05) is 10.6 Å². The number of hydrogen-bond donors (Lipinski definition) is 1. The Morgan fingerprint density at radius 2 is 1.70 bits per heavy atom. The van der Waals surface area contributed by atoms with Crippen LogP contribution >= 0.6 is 11.6 Å². The quantitative estimate of drug-likeness (QED) is 0.560. The molecule has 0 aromatic heterocycles. The zero-order valence-corrected chi connectivity index (χ0v) is 16.7. The summed E-state index contributed by atoms with van der Waals surface area (Å²) >= 11 is 5.77. The first-order valence-corrected chi connectivity index (χ1v) is 10.0. The fourth-order valence-electron chi connectivity index (χ4n) is 2.26. The van der Waals surface area contributed by atoms with E-state index < -0.39 is 34.4 Å². The molecular weight excluding hydrogens is 390 g/mol. The maximum Gasteiger partial charge on any atom is 0.321 e. The summed E-state index contributed by atoms with van der Waals surface area (Å²) in [5.41, 5.74) is 2.13. The zero-order chi connectivity index (χ0) is 20.2. The number of benzene rings is 2. The molecule has 144 valence electrons. The maximum atomic E-state index is 12.3. The van der Waals surface area contributed by atoms with Crippen molar-refractivity contribution in [1.82, 2.24) is 4.72 Å². The van der Waals surface area contributed by atoms with E-state index in [4.69, 9.17) is 16.3 Å². The molecule has 27 heavy (non-hydrogen) atoms. The molecular formula is C19H20ClNO5S. The van der Waals surface area contributed by atoms with Crippen molar-refractivity contribution < 1.29 is 22.7 Å². The van der Waals surface area contributed by atoms with Gasteiger partial charge < -0.3 is 4.74 Å². The van der Waals surface area contributed by atoms with Crippen molar-refractivity contribution in [3.8, 4) is 0 Å². The second-order valence-corrected chi connectivity index (χ2v) is 8.28. The summed E-state index contributed by atoms with van der Waals surface area (Å²) in [4.78, 5) is 24.2. The minimum absolute atomic E-state index is 0.0590. The van der Waals surface area contributed by atoms with E-state index >= 15 is 0 Å². The van der Waals surface area contributed by atoms with Crippen LogP contribution in [-0.4, -0.2) is 32.8 Å². The van der Waals surface area contributed by atoms with Crippen molar-refractivity contribution in [2.24, 2.45) is 0 Å². The molecule has 2 aromatic rings. The fourth-order valence-corrected chi connectivity index (χ4v) is 3.44. The lowest BCUT2D eigenvalue weighted by atomic mass is 10.1. The van der Waals surface area contributed by atoms with Gasteiger partial charge in [0.2, 0.25) is 15.8 Å². The predicted octanol–water partition coefficient (Wildman–Crippen LogP) is 3.05. The summed E-state index contributed by atoms with van der Waals surface area (Å²) in [6.45, 7) is 4.52. The van der Waals surface area contributed by atoms with Gasteiger partial charge in [-0.05, 0) is 68.3 Å². The highest BCUT2D eigenvalue weighted by Crippen LogP contribution is 2.15. The Bertz CT molecular complexity index is 955. The Morgan fingerprint density at radius 1 is 1.07 bits per heavy atom. The van der Waals surface area contributed by atoms with Crippen LogP contribution < -0.4 is 4.72 Å². The van der Waals surface area contributed by atoms with Crippen LogP contribution in [0.5, 0.6) is 0 Å². The first kappa shape index (κ1) is 21.1. The summed E-state index contributed by atoms with van der Waals surface area (Å²) in [5.74, 6) is -1.26. The first-order chi connectivity index (χ1) is 12.6. The predicted molar refractivity (Wildman–Crippen MR) is 102 cm³/mol. The van der Waals surface area contributed by atoms with Crippen molar-refractivity contribution in [2.45, 2.75) is 31.8 Å². The Morgan fingerprint density at radius 3 is 2.30 bits per heavy atom. The number of nitrogens with one attached hydrogen (secondary N) is 1.